The molecule has 3 N–H and O–H groups in total. The van der Waals surface area contributed by atoms with Crippen molar-refractivity contribution in [1.82, 2.24) is 0 Å². The lowest BCUT2D eigenvalue weighted by molar-refractivity contribution is 0.182. The van der Waals surface area contributed by atoms with E-state index in [9.17, 15) is 0 Å². The van der Waals surface area contributed by atoms with Crippen molar-refractivity contribution in [2.24, 2.45) is 5.73 Å². The molecule has 1 rings (SSSR count). The van der Waals surface area contributed by atoms with Crippen LogP contribution in [0.5, 0.6) is 5.75 Å². The number of hydrogen-bond donors (Lipinski definition) is 2. The fourth-order valence-electron chi connectivity index (χ4n) is 1.86. The number of nitrogens with one attached hydrogen (secondary N) is 1. The number of methoxy groups -OCH3 is 2. The largest absolute Gasteiger partial charge is 0.493 e. The van der Waals surface area contributed by atoms with E-state index in [0.717, 1.165) is 28.8 Å². The van der Waals surface area contributed by atoms with Crippen molar-refractivity contribution in [3.63, 3.8) is 0 Å². The first kappa shape index (κ1) is 16.6. The third-order valence-corrected chi connectivity index (χ3v) is 3.50. The Morgan fingerprint density at radius 1 is 1.42 bits per heavy atom. The Kier molecular flexibility index (Phi) is 7.53. The molecule has 0 spiro atoms. The second-order valence-electron chi connectivity index (χ2n) is 4.20. The third kappa shape index (κ3) is 5.18. The van der Waals surface area contributed by atoms with Crippen molar-refractivity contribution in [2.45, 2.75) is 18.9 Å². The van der Waals surface area contributed by atoms with Crippen molar-refractivity contribution in [3.8, 4) is 5.75 Å². The lowest BCUT2D eigenvalue weighted by Crippen LogP contribution is -2.26. The maximum absolute atomic E-state index is 6.07. The molecule has 0 radical (unpaired) electrons. The SMILES string of the molecule is COCC(CCCN)Nc1cc(Cl)cc(Br)c1OC. The Morgan fingerprint density at radius 3 is 2.74 bits per heavy atom. The molecule has 0 aliphatic heterocycles. The summed E-state index contributed by atoms with van der Waals surface area (Å²) in [5.41, 5.74) is 6.40. The number of halogens is 2. The van der Waals surface area contributed by atoms with Crippen LogP contribution in [0.4, 0.5) is 5.69 Å². The molecule has 0 aliphatic carbocycles. The topological polar surface area (TPSA) is 56.5 Å². The minimum Gasteiger partial charge on any atom is -0.493 e. The smallest absolute Gasteiger partial charge is 0.156 e. The quantitative estimate of drug-likeness (QED) is 0.754. The van der Waals surface area contributed by atoms with Gasteiger partial charge in [0.25, 0.3) is 0 Å². The van der Waals surface area contributed by atoms with Gasteiger partial charge in [0.05, 0.1) is 23.9 Å². The summed E-state index contributed by atoms with van der Waals surface area (Å²) in [6, 6.07) is 3.82. The van der Waals surface area contributed by atoms with Gasteiger partial charge in [-0.2, -0.15) is 0 Å². The third-order valence-electron chi connectivity index (χ3n) is 2.70. The van der Waals surface area contributed by atoms with Crippen LogP contribution in [0.3, 0.4) is 0 Å². The van der Waals surface area contributed by atoms with Gasteiger partial charge in [0.1, 0.15) is 0 Å². The van der Waals surface area contributed by atoms with Crippen LogP contribution in [-0.2, 0) is 4.74 Å². The van der Waals surface area contributed by atoms with Crippen molar-refractivity contribution in [3.05, 3.63) is 21.6 Å². The summed E-state index contributed by atoms with van der Waals surface area (Å²) >= 11 is 9.51. The second kappa shape index (κ2) is 8.64. The van der Waals surface area contributed by atoms with Crippen molar-refractivity contribution in [2.75, 3.05) is 32.7 Å². The molecule has 0 saturated carbocycles. The van der Waals surface area contributed by atoms with Crippen molar-refractivity contribution in [1.29, 1.82) is 0 Å². The maximum Gasteiger partial charge on any atom is 0.156 e. The molecule has 19 heavy (non-hydrogen) atoms. The van der Waals surface area contributed by atoms with E-state index in [1.807, 2.05) is 6.07 Å². The van der Waals surface area contributed by atoms with Crippen LogP contribution in [0.2, 0.25) is 5.02 Å². The summed E-state index contributed by atoms with van der Waals surface area (Å²) in [7, 11) is 3.31. The highest BCUT2D eigenvalue weighted by Crippen LogP contribution is 2.36. The Balaban J connectivity index is 2.87. The zero-order valence-corrected chi connectivity index (χ0v) is 13.6. The van der Waals surface area contributed by atoms with Gasteiger partial charge < -0.3 is 20.5 Å². The Bertz CT molecular complexity index is 404. The highest BCUT2D eigenvalue weighted by Gasteiger charge is 2.14. The predicted octanol–water partition coefficient (Wildman–Crippen LogP) is 3.28. The van der Waals surface area contributed by atoms with Gasteiger partial charge in [0, 0.05) is 18.2 Å². The van der Waals surface area contributed by atoms with Crippen LogP contribution < -0.4 is 15.8 Å². The maximum atomic E-state index is 6.07. The molecule has 6 heteroatoms. The van der Waals surface area contributed by atoms with Crippen LogP contribution in [0, 0.1) is 0 Å². The predicted molar refractivity (Wildman–Crippen MR) is 83.3 cm³/mol. The summed E-state index contributed by atoms with van der Waals surface area (Å²) in [6.07, 6.45) is 1.86. The summed E-state index contributed by atoms with van der Waals surface area (Å²) in [6.45, 7) is 1.27. The van der Waals surface area contributed by atoms with Gasteiger partial charge in [-0.3, -0.25) is 0 Å². The van der Waals surface area contributed by atoms with Crippen LogP contribution in [0.1, 0.15) is 12.8 Å². The number of nitrogens with two attached hydrogens (primary N) is 1. The van der Waals surface area contributed by atoms with E-state index in [1.54, 1.807) is 20.3 Å². The van der Waals surface area contributed by atoms with Crippen LogP contribution >= 0.6 is 27.5 Å². The van der Waals surface area contributed by atoms with Gasteiger partial charge in [-0.1, -0.05) is 11.6 Å². The van der Waals surface area contributed by atoms with E-state index in [2.05, 4.69) is 21.2 Å². The molecule has 108 valence electrons. The Labute approximate surface area is 127 Å². The molecule has 0 saturated heterocycles. The zero-order valence-electron chi connectivity index (χ0n) is 11.2. The molecular weight excluding hydrogens is 332 g/mol. The summed E-state index contributed by atoms with van der Waals surface area (Å²) in [4.78, 5) is 0. The van der Waals surface area contributed by atoms with Crippen LogP contribution in [-0.4, -0.2) is 33.4 Å². The summed E-state index contributed by atoms with van der Waals surface area (Å²) in [5.74, 6) is 0.734. The average Bonchev–Trinajstić information content (AvgIpc) is 2.35. The van der Waals surface area contributed by atoms with E-state index >= 15 is 0 Å². The van der Waals surface area contributed by atoms with E-state index in [0.29, 0.717) is 18.2 Å². The number of anilines is 1. The lowest BCUT2D eigenvalue weighted by atomic mass is 10.1. The zero-order chi connectivity index (χ0) is 14.3. The van der Waals surface area contributed by atoms with Crippen LogP contribution in [0.25, 0.3) is 0 Å². The van der Waals surface area contributed by atoms with E-state index in [4.69, 9.17) is 26.8 Å². The van der Waals surface area contributed by atoms with Gasteiger partial charge >= 0.3 is 0 Å². The first-order valence-corrected chi connectivity index (χ1v) is 7.28. The van der Waals surface area contributed by atoms with E-state index in [1.165, 1.54) is 0 Å². The molecule has 0 fully saturated rings. The number of hydrogen-bond acceptors (Lipinski definition) is 4. The van der Waals surface area contributed by atoms with Crippen LogP contribution in [0.15, 0.2) is 16.6 Å². The molecule has 1 atom stereocenters. The summed E-state index contributed by atoms with van der Waals surface area (Å²) < 4.78 is 11.4. The minimum absolute atomic E-state index is 0.174. The number of benzene rings is 1. The second-order valence-corrected chi connectivity index (χ2v) is 5.49. The molecule has 1 aromatic rings. The fraction of sp³-hybridized carbons (Fsp3) is 0.538. The first-order valence-electron chi connectivity index (χ1n) is 6.11. The molecule has 0 aromatic heterocycles. The monoisotopic (exact) mass is 350 g/mol. The van der Waals surface area contributed by atoms with Gasteiger partial charge in [0.2, 0.25) is 0 Å². The molecule has 1 aromatic carbocycles. The van der Waals surface area contributed by atoms with Crippen molar-refractivity contribution >= 4 is 33.2 Å². The number of ether oxygens (including phenoxy) is 2. The normalized spacial score (nSPS) is 12.3. The summed E-state index contributed by atoms with van der Waals surface area (Å²) in [5, 5.41) is 4.04. The van der Waals surface area contributed by atoms with Gasteiger partial charge in [0.15, 0.2) is 5.75 Å². The fourth-order valence-corrected chi connectivity index (χ4v) is 2.83. The highest BCUT2D eigenvalue weighted by atomic mass is 79.9. The molecule has 1 unspecified atom stereocenters. The highest BCUT2D eigenvalue weighted by molar-refractivity contribution is 9.10. The van der Waals surface area contributed by atoms with Crippen molar-refractivity contribution < 1.29 is 9.47 Å². The van der Waals surface area contributed by atoms with Gasteiger partial charge in [-0.15, -0.1) is 0 Å². The number of rotatable bonds is 8. The standard InChI is InChI=1S/C13H20BrClN2O2/c1-18-8-10(4-3-5-16)17-12-7-9(15)6-11(14)13(12)19-2/h6-7,10,17H,3-5,8,16H2,1-2H3. The Hall–Kier alpha value is -0.490. The van der Waals surface area contributed by atoms with E-state index < -0.39 is 0 Å². The molecule has 0 aliphatic rings. The lowest BCUT2D eigenvalue weighted by Gasteiger charge is -2.21. The van der Waals surface area contributed by atoms with E-state index in [-0.39, 0.29) is 6.04 Å². The van der Waals surface area contributed by atoms with Gasteiger partial charge in [-0.25, -0.2) is 0 Å². The first-order chi connectivity index (χ1) is 9.12. The molecule has 0 bridgehead atoms. The van der Waals surface area contributed by atoms with Gasteiger partial charge in [-0.05, 0) is 47.4 Å². The molecule has 4 nitrogen and oxygen atoms in total. The minimum atomic E-state index is 0.174. The molecule has 0 amide bonds. The molecular formula is C13H20BrClN2O2. The average molecular weight is 352 g/mol. The Morgan fingerprint density at radius 2 is 2.16 bits per heavy atom. The molecule has 0 heterocycles.